The number of esters is 2. The van der Waals surface area contributed by atoms with Crippen molar-refractivity contribution in [2.45, 2.75) is 45.7 Å². The maximum atomic E-state index is 12.8. The van der Waals surface area contributed by atoms with Crippen LogP contribution in [0.5, 0.6) is 0 Å². The molecule has 31 heavy (non-hydrogen) atoms. The average molecular weight is 436 g/mol. The lowest BCUT2D eigenvalue weighted by Crippen LogP contribution is -2.55. The van der Waals surface area contributed by atoms with Gasteiger partial charge in [-0.2, -0.15) is 0 Å². The van der Waals surface area contributed by atoms with Crippen LogP contribution in [0, 0.1) is 5.92 Å². The minimum absolute atomic E-state index is 0.0407. The Morgan fingerprint density at radius 1 is 0.968 bits per heavy atom. The molecule has 10 heteroatoms. The summed E-state index contributed by atoms with van der Waals surface area (Å²) in [7, 11) is 0. The van der Waals surface area contributed by atoms with Gasteiger partial charge in [-0.25, -0.2) is 4.79 Å². The van der Waals surface area contributed by atoms with Crippen LogP contribution < -0.4 is 10.6 Å². The maximum Gasteiger partial charge on any atom is 0.327 e. The Hall–Kier alpha value is -3.43. The van der Waals surface area contributed by atoms with E-state index in [1.807, 2.05) is 0 Å². The Morgan fingerprint density at radius 3 is 2.10 bits per heavy atom. The first-order chi connectivity index (χ1) is 14.7. The SMILES string of the molecule is CCOC(=O)C[C@H](C(=O)OCC)[C@@H](NC(=O)[C@@H](Cc1ccccc1)NC(C)=O)C(=O)O. The van der Waals surface area contributed by atoms with E-state index in [-0.39, 0.29) is 19.6 Å². The number of carboxylic acid groups (broad SMARTS) is 1. The number of carbonyl (C=O) groups excluding carboxylic acids is 4. The van der Waals surface area contributed by atoms with E-state index in [1.165, 1.54) is 13.8 Å². The highest BCUT2D eigenvalue weighted by Crippen LogP contribution is 2.15. The van der Waals surface area contributed by atoms with Gasteiger partial charge in [-0.05, 0) is 19.4 Å². The first kappa shape index (κ1) is 25.6. The molecule has 0 fully saturated rings. The van der Waals surface area contributed by atoms with Crippen molar-refractivity contribution in [3.63, 3.8) is 0 Å². The standard InChI is InChI=1S/C21H28N2O8/c1-4-30-17(25)12-15(21(29)31-5-2)18(20(27)28)23-19(26)16(22-13(3)24)11-14-9-7-6-8-10-14/h6-10,15-16,18H,4-5,11-12H2,1-3H3,(H,22,24)(H,23,26)(H,27,28)/t15-,16+,18+/m0/s1. The topological polar surface area (TPSA) is 148 Å². The van der Waals surface area contributed by atoms with Gasteiger partial charge in [0.25, 0.3) is 0 Å². The van der Waals surface area contributed by atoms with Crippen LogP contribution in [0.15, 0.2) is 30.3 Å². The monoisotopic (exact) mass is 436 g/mol. The van der Waals surface area contributed by atoms with Crippen LogP contribution >= 0.6 is 0 Å². The van der Waals surface area contributed by atoms with Crippen molar-refractivity contribution < 1.29 is 38.6 Å². The Morgan fingerprint density at radius 2 is 1.58 bits per heavy atom. The predicted molar refractivity (Wildman–Crippen MR) is 109 cm³/mol. The van der Waals surface area contributed by atoms with Crippen LogP contribution in [-0.4, -0.2) is 60.1 Å². The molecule has 1 aromatic carbocycles. The zero-order valence-corrected chi connectivity index (χ0v) is 17.8. The van der Waals surface area contributed by atoms with Gasteiger partial charge in [0.2, 0.25) is 11.8 Å². The molecular formula is C21H28N2O8. The number of hydrogen-bond donors (Lipinski definition) is 3. The van der Waals surface area contributed by atoms with E-state index < -0.39 is 54.1 Å². The zero-order valence-electron chi connectivity index (χ0n) is 17.8. The molecule has 0 saturated heterocycles. The van der Waals surface area contributed by atoms with Gasteiger partial charge in [0, 0.05) is 13.3 Å². The number of carboxylic acids is 1. The van der Waals surface area contributed by atoms with E-state index in [4.69, 9.17) is 9.47 Å². The second-order valence-electron chi connectivity index (χ2n) is 6.64. The normalized spacial score (nSPS) is 13.3. The highest BCUT2D eigenvalue weighted by atomic mass is 16.5. The van der Waals surface area contributed by atoms with Crippen LogP contribution in [0.25, 0.3) is 0 Å². The Bertz CT molecular complexity index is 781. The Kier molecular flexibility index (Phi) is 10.7. The summed E-state index contributed by atoms with van der Waals surface area (Å²) >= 11 is 0. The maximum absolute atomic E-state index is 12.8. The number of benzene rings is 1. The fourth-order valence-electron chi connectivity index (χ4n) is 2.88. The van der Waals surface area contributed by atoms with Crippen LogP contribution in [0.2, 0.25) is 0 Å². The average Bonchev–Trinajstić information content (AvgIpc) is 2.70. The molecule has 0 aromatic heterocycles. The first-order valence-electron chi connectivity index (χ1n) is 9.86. The van der Waals surface area contributed by atoms with Gasteiger partial charge in [-0.1, -0.05) is 30.3 Å². The van der Waals surface area contributed by atoms with Crippen molar-refractivity contribution in [2.24, 2.45) is 5.92 Å². The minimum atomic E-state index is -1.76. The summed E-state index contributed by atoms with van der Waals surface area (Å²) in [6.45, 7) is 4.32. The largest absolute Gasteiger partial charge is 0.480 e. The number of aliphatic carboxylic acids is 1. The van der Waals surface area contributed by atoms with Gasteiger partial charge in [-0.3, -0.25) is 19.2 Å². The molecule has 0 aliphatic carbocycles. The summed E-state index contributed by atoms with van der Waals surface area (Å²) in [6, 6.07) is 5.95. The van der Waals surface area contributed by atoms with E-state index in [2.05, 4.69) is 10.6 Å². The van der Waals surface area contributed by atoms with Crippen molar-refractivity contribution in [3.8, 4) is 0 Å². The van der Waals surface area contributed by atoms with E-state index in [0.29, 0.717) is 0 Å². The molecule has 3 atom stereocenters. The van der Waals surface area contributed by atoms with E-state index >= 15 is 0 Å². The Labute approximate surface area is 180 Å². The third-order valence-electron chi connectivity index (χ3n) is 4.22. The first-order valence-corrected chi connectivity index (χ1v) is 9.86. The summed E-state index contributed by atoms with van der Waals surface area (Å²) < 4.78 is 9.69. The highest BCUT2D eigenvalue weighted by Gasteiger charge is 2.39. The van der Waals surface area contributed by atoms with E-state index in [9.17, 15) is 29.1 Å². The van der Waals surface area contributed by atoms with Crippen LogP contribution in [0.3, 0.4) is 0 Å². The van der Waals surface area contributed by atoms with Crippen LogP contribution in [-0.2, 0) is 39.9 Å². The second kappa shape index (κ2) is 13.0. The highest BCUT2D eigenvalue weighted by molar-refractivity contribution is 5.93. The van der Waals surface area contributed by atoms with Gasteiger partial charge >= 0.3 is 17.9 Å². The number of amides is 2. The number of carbonyl (C=O) groups is 5. The molecule has 0 aliphatic heterocycles. The lowest BCUT2D eigenvalue weighted by molar-refractivity contribution is -0.160. The molecule has 10 nitrogen and oxygen atoms in total. The molecule has 0 unspecified atom stereocenters. The lowest BCUT2D eigenvalue weighted by Gasteiger charge is -2.25. The number of rotatable bonds is 12. The van der Waals surface area contributed by atoms with Crippen molar-refractivity contribution in [3.05, 3.63) is 35.9 Å². The molecule has 0 bridgehead atoms. The lowest BCUT2D eigenvalue weighted by atomic mass is 9.95. The van der Waals surface area contributed by atoms with Crippen molar-refractivity contribution >= 4 is 29.7 Å². The molecule has 2 amide bonds. The zero-order chi connectivity index (χ0) is 23.4. The predicted octanol–water partition coefficient (Wildman–Crippen LogP) is 0.436. The molecule has 1 aromatic rings. The summed E-state index contributed by atoms with van der Waals surface area (Å²) in [6.07, 6.45) is -0.492. The molecule has 0 saturated carbocycles. The molecular weight excluding hydrogens is 408 g/mol. The summed E-state index contributed by atoms with van der Waals surface area (Å²) in [4.78, 5) is 60.5. The van der Waals surface area contributed by atoms with Crippen molar-refractivity contribution in [1.82, 2.24) is 10.6 Å². The van der Waals surface area contributed by atoms with Gasteiger partial charge in [0.15, 0.2) is 0 Å². The molecule has 0 spiro atoms. The van der Waals surface area contributed by atoms with E-state index in [1.54, 1.807) is 37.3 Å². The quantitative estimate of drug-likeness (QED) is 0.400. The number of nitrogens with one attached hydrogen (secondary N) is 2. The smallest absolute Gasteiger partial charge is 0.327 e. The Balaban J connectivity index is 3.11. The molecule has 3 N–H and O–H groups in total. The van der Waals surface area contributed by atoms with Gasteiger partial charge in [0.1, 0.15) is 12.1 Å². The molecule has 0 aliphatic rings. The van der Waals surface area contributed by atoms with Crippen molar-refractivity contribution in [2.75, 3.05) is 13.2 Å². The van der Waals surface area contributed by atoms with Gasteiger partial charge < -0.3 is 25.2 Å². The summed E-state index contributed by atoms with van der Waals surface area (Å²) in [5.74, 6) is -6.10. The fourth-order valence-corrected chi connectivity index (χ4v) is 2.88. The van der Waals surface area contributed by atoms with Crippen LogP contribution in [0.4, 0.5) is 0 Å². The molecule has 0 radical (unpaired) electrons. The summed E-state index contributed by atoms with van der Waals surface area (Å²) in [5, 5.41) is 14.4. The molecule has 1 rings (SSSR count). The minimum Gasteiger partial charge on any atom is -0.480 e. The number of ether oxygens (including phenoxy) is 2. The third-order valence-corrected chi connectivity index (χ3v) is 4.22. The molecule has 0 heterocycles. The third kappa shape index (κ3) is 8.85. The van der Waals surface area contributed by atoms with Gasteiger partial charge in [-0.15, -0.1) is 0 Å². The summed E-state index contributed by atoms with van der Waals surface area (Å²) in [5.41, 5.74) is 0.733. The fraction of sp³-hybridized carbons (Fsp3) is 0.476. The van der Waals surface area contributed by atoms with E-state index in [0.717, 1.165) is 5.56 Å². The van der Waals surface area contributed by atoms with Crippen molar-refractivity contribution in [1.29, 1.82) is 0 Å². The number of hydrogen-bond acceptors (Lipinski definition) is 7. The second-order valence-corrected chi connectivity index (χ2v) is 6.64. The van der Waals surface area contributed by atoms with Crippen LogP contribution in [0.1, 0.15) is 32.8 Å². The molecule has 170 valence electrons. The van der Waals surface area contributed by atoms with Gasteiger partial charge in [0.05, 0.1) is 25.6 Å².